The Bertz CT molecular complexity index is 626. The number of halogens is 2. The van der Waals surface area contributed by atoms with Gasteiger partial charge >= 0.3 is 0 Å². The van der Waals surface area contributed by atoms with E-state index < -0.39 is 0 Å². The van der Waals surface area contributed by atoms with Crippen molar-refractivity contribution in [2.45, 2.75) is 20.4 Å². The van der Waals surface area contributed by atoms with Crippen molar-refractivity contribution in [2.75, 3.05) is 5.32 Å². The first-order valence-corrected chi connectivity index (χ1v) is 6.85. The molecule has 0 spiro atoms. The van der Waals surface area contributed by atoms with Crippen molar-refractivity contribution in [1.82, 2.24) is 14.8 Å². The summed E-state index contributed by atoms with van der Waals surface area (Å²) in [7, 11) is 0. The van der Waals surface area contributed by atoms with Gasteiger partial charge in [0.2, 0.25) is 0 Å². The molecular formula is C12H12BrClN4O. The maximum atomic E-state index is 12.2. The number of nitrogens with one attached hydrogen (secondary N) is 1. The lowest BCUT2D eigenvalue weighted by molar-refractivity contribution is 0.101. The molecule has 0 aliphatic carbocycles. The molecule has 0 radical (unpaired) electrons. The maximum absolute atomic E-state index is 12.2. The third-order valence-electron chi connectivity index (χ3n) is 2.49. The van der Waals surface area contributed by atoms with Crippen LogP contribution in [0, 0.1) is 6.92 Å². The van der Waals surface area contributed by atoms with Gasteiger partial charge in [0, 0.05) is 6.54 Å². The molecule has 1 N–H and O–H groups in total. The van der Waals surface area contributed by atoms with Crippen molar-refractivity contribution in [1.29, 1.82) is 0 Å². The van der Waals surface area contributed by atoms with E-state index in [2.05, 4.69) is 31.3 Å². The van der Waals surface area contributed by atoms with Crippen molar-refractivity contribution in [2.24, 2.45) is 0 Å². The Labute approximate surface area is 124 Å². The minimum Gasteiger partial charge on any atom is -0.319 e. The van der Waals surface area contributed by atoms with Crippen molar-refractivity contribution in [3.63, 3.8) is 0 Å². The van der Waals surface area contributed by atoms with E-state index in [1.165, 1.54) is 6.20 Å². The minimum absolute atomic E-state index is 0.224. The highest BCUT2D eigenvalue weighted by Gasteiger charge is 2.13. The zero-order valence-corrected chi connectivity index (χ0v) is 12.8. The molecule has 2 rings (SSSR count). The van der Waals surface area contributed by atoms with Crippen LogP contribution >= 0.6 is 27.5 Å². The molecule has 0 fully saturated rings. The topological polar surface area (TPSA) is 59.8 Å². The quantitative estimate of drug-likeness (QED) is 0.870. The van der Waals surface area contributed by atoms with Gasteiger partial charge in [-0.25, -0.2) is 4.98 Å². The number of pyridine rings is 1. The summed E-state index contributed by atoms with van der Waals surface area (Å²) in [5, 5.41) is 7.35. The Balaban J connectivity index is 2.22. The predicted molar refractivity (Wildman–Crippen MR) is 77.5 cm³/mol. The Hall–Kier alpha value is -1.40. The Morgan fingerprint density at radius 2 is 2.26 bits per heavy atom. The van der Waals surface area contributed by atoms with Gasteiger partial charge in [-0.15, -0.1) is 0 Å². The summed E-state index contributed by atoms with van der Waals surface area (Å²) < 4.78 is 2.29. The van der Waals surface area contributed by atoms with Crippen LogP contribution in [0.1, 0.15) is 23.1 Å². The minimum atomic E-state index is -0.224. The van der Waals surface area contributed by atoms with Crippen LogP contribution in [-0.2, 0) is 6.54 Å². The fraction of sp³-hybridized carbons (Fsp3) is 0.250. The number of rotatable bonds is 3. The van der Waals surface area contributed by atoms with Crippen molar-refractivity contribution < 1.29 is 4.79 Å². The predicted octanol–water partition coefficient (Wildman–Crippen LogP) is 3.27. The van der Waals surface area contributed by atoms with Gasteiger partial charge in [-0.2, -0.15) is 5.10 Å². The van der Waals surface area contributed by atoms with Gasteiger partial charge in [0.05, 0.1) is 22.1 Å². The molecule has 0 unspecified atom stereocenters. The van der Waals surface area contributed by atoms with E-state index in [0.29, 0.717) is 27.6 Å². The number of nitrogens with zero attached hydrogens (tertiary/aromatic N) is 3. The lowest BCUT2D eigenvalue weighted by Crippen LogP contribution is -2.17. The van der Waals surface area contributed by atoms with Gasteiger partial charge in [0.25, 0.3) is 5.91 Å². The number of carbonyl (C=O) groups is 1. The van der Waals surface area contributed by atoms with E-state index in [9.17, 15) is 4.79 Å². The zero-order chi connectivity index (χ0) is 14.0. The van der Waals surface area contributed by atoms with Gasteiger partial charge in [-0.05, 0) is 41.9 Å². The molecule has 0 bridgehead atoms. The number of hydrogen-bond acceptors (Lipinski definition) is 3. The average Bonchev–Trinajstić information content (AvgIpc) is 2.75. The number of aromatic nitrogens is 3. The molecule has 2 aromatic heterocycles. The van der Waals surface area contributed by atoms with Crippen molar-refractivity contribution >= 4 is 39.1 Å². The average molecular weight is 344 g/mol. The molecule has 2 aromatic rings. The van der Waals surface area contributed by atoms with Crippen molar-refractivity contribution in [3.8, 4) is 0 Å². The Morgan fingerprint density at radius 3 is 2.89 bits per heavy atom. The molecule has 7 heteroatoms. The van der Waals surface area contributed by atoms with Crippen LogP contribution in [0.3, 0.4) is 0 Å². The van der Waals surface area contributed by atoms with Gasteiger partial charge in [0.1, 0.15) is 10.8 Å². The molecule has 0 aliphatic heterocycles. The SMILES string of the molecule is CCn1nc(C)cc1C(=O)Nc1cnc(Cl)c(Br)c1. The summed E-state index contributed by atoms with van der Waals surface area (Å²) in [4.78, 5) is 16.1. The lowest BCUT2D eigenvalue weighted by Gasteiger charge is -2.07. The largest absolute Gasteiger partial charge is 0.319 e. The summed E-state index contributed by atoms with van der Waals surface area (Å²) in [6.45, 7) is 4.42. The number of amides is 1. The van der Waals surface area contributed by atoms with Crippen LogP contribution in [0.15, 0.2) is 22.8 Å². The first kappa shape index (κ1) is 14.0. The molecule has 19 heavy (non-hydrogen) atoms. The second-order valence-electron chi connectivity index (χ2n) is 3.94. The number of anilines is 1. The molecule has 0 saturated heterocycles. The molecule has 0 aromatic carbocycles. The van der Waals surface area contributed by atoms with E-state index in [1.54, 1.807) is 16.8 Å². The molecule has 5 nitrogen and oxygen atoms in total. The van der Waals surface area contributed by atoms with Crippen LogP contribution in [0.25, 0.3) is 0 Å². The summed E-state index contributed by atoms with van der Waals surface area (Å²) in [6, 6.07) is 3.45. The molecule has 0 aliphatic rings. The summed E-state index contributed by atoms with van der Waals surface area (Å²) in [6.07, 6.45) is 1.50. The number of hydrogen-bond donors (Lipinski definition) is 1. The second kappa shape index (κ2) is 5.71. The smallest absolute Gasteiger partial charge is 0.273 e. The maximum Gasteiger partial charge on any atom is 0.273 e. The van der Waals surface area contributed by atoms with Gasteiger partial charge in [-0.1, -0.05) is 11.6 Å². The highest BCUT2D eigenvalue weighted by molar-refractivity contribution is 9.10. The highest BCUT2D eigenvalue weighted by atomic mass is 79.9. The van der Waals surface area contributed by atoms with Gasteiger partial charge in [0.15, 0.2) is 0 Å². The van der Waals surface area contributed by atoms with E-state index in [-0.39, 0.29) is 5.91 Å². The first-order chi connectivity index (χ1) is 9.01. The van der Waals surface area contributed by atoms with E-state index in [1.807, 2.05) is 13.8 Å². The lowest BCUT2D eigenvalue weighted by atomic mass is 10.3. The summed E-state index contributed by atoms with van der Waals surface area (Å²) in [5.41, 5.74) is 1.90. The summed E-state index contributed by atoms with van der Waals surface area (Å²) in [5.74, 6) is -0.224. The van der Waals surface area contributed by atoms with E-state index in [4.69, 9.17) is 11.6 Å². The normalized spacial score (nSPS) is 10.5. The second-order valence-corrected chi connectivity index (χ2v) is 5.15. The standard InChI is InChI=1S/C12H12BrClN4O/c1-3-18-10(4-7(2)17-18)12(19)16-8-5-9(13)11(14)15-6-8/h4-6H,3H2,1-2H3,(H,16,19). The molecule has 0 saturated carbocycles. The highest BCUT2D eigenvalue weighted by Crippen LogP contribution is 2.23. The van der Waals surface area contributed by atoms with Crippen LogP contribution < -0.4 is 5.32 Å². The monoisotopic (exact) mass is 342 g/mol. The van der Waals surface area contributed by atoms with Gasteiger partial charge in [-0.3, -0.25) is 9.48 Å². The third kappa shape index (κ3) is 3.13. The molecule has 1 amide bonds. The van der Waals surface area contributed by atoms with E-state index in [0.717, 1.165) is 5.69 Å². The molecule has 2 heterocycles. The molecule has 0 atom stereocenters. The van der Waals surface area contributed by atoms with Crippen LogP contribution in [0.2, 0.25) is 5.15 Å². The Morgan fingerprint density at radius 1 is 1.53 bits per heavy atom. The number of carbonyl (C=O) groups excluding carboxylic acids is 1. The van der Waals surface area contributed by atoms with E-state index >= 15 is 0 Å². The van der Waals surface area contributed by atoms with Crippen molar-refractivity contribution in [3.05, 3.63) is 39.3 Å². The van der Waals surface area contributed by atoms with Crippen LogP contribution in [0.4, 0.5) is 5.69 Å². The molecular weight excluding hydrogens is 332 g/mol. The summed E-state index contributed by atoms with van der Waals surface area (Å²) >= 11 is 9.06. The number of aryl methyl sites for hydroxylation is 2. The van der Waals surface area contributed by atoms with Gasteiger partial charge < -0.3 is 5.32 Å². The van der Waals surface area contributed by atoms with Crippen LogP contribution in [0.5, 0.6) is 0 Å². The first-order valence-electron chi connectivity index (χ1n) is 5.68. The fourth-order valence-corrected chi connectivity index (χ4v) is 2.11. The third-order valence-corrected chi connectivity index (χ3v) is 3.62. The molecule has 100 valence electrons. The van der Waals surface area contributed by atoms with Crippen LogP contribution in [-0.4, -0.2) is 20.7 Å². The zero-order valence-electron chi connectivity index (χ0n) is 10.4. The fourth-order valence-electron chi connectivity index (χ4n) is 1.65. The Kier molecular flexibility index (Phi) is 4.21.